The summed E-state index contributed by atoms with van der Waals surface area (Å²) < 4.78 is 13.0. The largest absolute Gasteiger partial charge is 0.291 e. The quantitative estimate of drug-likeness (QED) is 0.740. The Morgan fingerprint density at radius 2 is 2.09 bits per heavy atom. The third-order valence-electron chi connectivity index (χ3n) is 3.98. The van der Waals surface area contributed by atoms with Crippen molar-refractivity contribution >= 4 is 11.3 Å². The maximum Gasteiger partial charge on any atom is 0.123 e. The van der Waals surface area contributed by atoms with E-state index in [4.69, 9.17) is 0 Å². The van der Waals surface area contributed by atoms with E-state index in [1.54, 1.807) is 29.8 Å². The molecule has 2 aromatic heterocycles. The zero-order chi connectivity index (χ0) is 15.6. The van der Waals surface area contributed by atoms with Gasteiger partial charge in [0.05, 0.1) is 11.4 Å². The molecule has 0 aliphatic carbocycles. The Balaban J connectivity index is 1.47. The lowest BCUT2D eigenvalue weighted by molar-refractivity contribution is 0.239. The van der Waals surface area contributed by atoms with Crippen molar-refractivity contribution in [1.29, 1.82) is 0 Å². The molecule has 0 atom stereocenters. The monoisotopic (exact) mass is 326 g/mol. The van der Waals surface area contributed by atoms with Gasteiger partial charge in [0.25, 0.3) is 0 Å². The van der Waals surface area contributed by atoms with E-state index in [2.05, 4.69) is 25.2 Å². The molecule has 0 radical (unpaired) electrons. The molecule has 23 heavy (non-hydrogen) atoms. The van der Waals surface area contributed by atoms with Crippen LogP contribution in [0.4, 0.5) is 4.39 Å². The molecule has 0 saturated heterocycles. The summed E-state index contributed by atoms with van der Waals surface area (Å²) >= 11 is 1.60. The smallest absolute Gasteiger partial charge is 0.123 e. The Bertz CT molecular complexity index is 815. The summed E-state index contributed by atoms with van der Waals surface area (Å²) in [5.74, 6) is -0.223. The molecule has 4 rings (SSSR count). The van der Waals surface area contributed by atoms with Crippen molar-refractivity contribution in [3.8, 4) is 10.6 Å². The van der Waals surface area contributed by atoms with Crippen molar-refractivity contribution < 1.29 is 4.39 Å². The number of rotatable bonds is 3. The van der Waals surface area contributed by atoms with Crippen molar-refractivity contribution in [2.24, 2.45) is 0 Å². The van der Waals surface area contributed by atoms with Gasteiger partial charge in [-0.25, -0.2) is 19.3 Å². The fourth-order valence-electron chi connectivity index (χ4n) is 2.77. The van der Waals surface area contributed by atoms with Crippen LogP contribution in [0.25, 0.3) is 10.6 Å². The molecule has 0 amide bonds. The average Bonchev–Trinajstić information content (AvgIpc) is 3.04. The molecule has 1 aliphatic heterocycles. The number of thiazole rings is 1. The van der Waals surface area contributed by atoms with E-state index in [-0.39, 0.29) is 5.82 Å². The number of benzene rings is 1. The normalized spacial score (nSPS) is 14.7. The van der Waals surface area contributed by atoms with Crippen molar-refractivity contribution in [3.63, 3.8) is 0 Å². The first-order valence-electron chi connectivity index (χ1n) is 7.48. The van der Waals surface area contributed by atoms with Gasteiger partial charge in [0.1, 0.15) is 17.2 Å². The van der Waals surface area contributed by atoms with Crippen LogP contribution >= 0.6 is 11.3 Å². The summed E-state index contributed by atoms with van der Waals surface area (Å²) in [5.41, 5.74) is 4.36. The summed E-state index contributed by atoms with van der Waals surface area (Å²) in [6.45, 7) is 2.63. The van der Waals surface area contributed by atoms with E-state index in [0.29, 0.717) is 0 Å². The second-order valence-electron chi connectivity index (χ2n) is 5.61. The van der Waals surface area contributed by atoms with E-state index in [9.17, 15) is 4.39 Å². The first kappa shape index (κ1) is 14.4. The molecule has 0 fully saturated rings. The lowest BCUT2D eigenvalue weighted by Crippen LogP contribution is -2.30. The Morgan fingerprint density at radius 1 is 1.22 bits per heavy atom. The van der Waals surface area contributed by atoms with Gasteiger partial charge in [-0.1, -0.05) is 0 Å². The van der Waals surface area contributed by atoms with Gasteiger partial charge >= 0.3 is 0 Å². The summed E-state index contributed by atoms with van der Waals surface area (Å²) in [6.07, 6.45) is 4.50. The van der Waals surface area contributed by atoms with Gasteiger partial charge < -0.3 is 0 Å². The number of nitrogens with zero attached hydrogens (tertiary/aromatic N) is 4. The van der Waals surface area contributed by atoms with Gasteiger partial charge in [0.15, 0.2) is 0 Å². The number of fused-ring (bicyclic) bond motifs is 1. The van der Waals surface area contributed by atoms with Crippen LogP contribution in [0.3, 0.4) is 0 Å². The maximum absolute atomic E-state index is 13.0. The fourth-order valence-corrected chi connectivity index (χ4v) is 3.59. The Hall–Kier alpha value is -2.18. The maximum atomic E-state index is 13.0. The van der Waals surface area contributed by atoms with E-state index in [1.807, 2.05) is 6.20 Å². The van der Waals surface area contributed by atoms with Gasteiger partial charge in [-0.3, -0.25) is 4.90 Å². The third kappa shape index (κ3) is 3.13. The van der Waals surface area contributed by atoms with Crippen molar-refractivity contribution in [3.05, 3.63) is 64.9 Å². The van der Waals surface area contributed by atoms with Crippen molar-refractivity contribution in [1.82, 2.24) is 19.9 Å². The molecule has 6 heteroatoms. The highest BCUT2D eigenvalue weighted by Gasteiger charge is 2.18. The average molecular weight is 326 g/mol. The molecule has 116 valence electrons. The molecule has 3 aromatic rings. The van der Waals surface area contributed by atoms with E-state index >= 15 is 0 Å². The van der Waals surface area contributed by atoms with Crippen molar-refractivity contribution in [2.45, 2.75) is 19.5 Å². The number of halogens is 1. The molecule has 1 aromatic carbocycles. The Morgan fingerprint density at radius 3 is 2.96 bits per heavy atom. The predicted octanol–water partition coefficient (Wildman–Crippen LogP) is 3.30. The third-order valence-corrected chi connectivity index (χ3v) is 4.92. The minimum Gasteiger partial charge on any atom is -0.291 e. The predicted molar refractivity (Wildman–Crippen MR) is 87.4 cm³/mol. The first-order chi connectivity index (χ1) is 11.3. The Kier molecular flexibility index (Phi) is 3.85. The molecule has 0 spiro atoms. The second-order valence-corrected chi connectivity index (χ2v) is 6.46. The van der Waals surface area contributed by atoms with Gasteiger partial charge in [0.2, 0.25) is 0 Å². The van der Waals surface area contributed by atoms with Crippen LogP contribution in [-0.2, 0) is 19.5 Å². The van der Waals surface area contributed by atoms with Crippen LogP contribution in [0.5, 0.6) is 0 Å². The lowest BCUT2D eigenvalue weighted by Gasteiger charge is -2.26. The standard InChI is InChI=1S/C17H15FN4S/c18-14-3-1-12(2-4-14)17-21-15(10-23-17)8-22-6-5-13-7-19-11-20-16(13)9-22/h1-4,7,10-11H,5-6,8-9H2. The summed E-state index contributed by atoms with van der Waals surface area (Å²) in [4.78, 5) is 15.5. The molecule has 0 N–H and O–H groups in total. The highest BCUT2D eigenvalue weighted by atomic mass is 32.1. The van der Waals surface area contributed by atoms with Gasteiger partial charge in [0, 0.05) is 36.8 Å². The second kappa shape index (κ2) is 6.14. The molecule has 3 heterocycles. The minimum atomic E-state index is -0.223. The highest BCUT2D eigenvalue weighted by Crippen LogP contribution is 2.25. The molecule has 0 saturated carbocycles. The van der Waals surface area contributed by atoms with Crippen LogP contribution in [-0.4, -0.2) is 26.4 Å². The lowest BCUT2D eigenvalue weighted by atomic mass is 10.1. The molecule has 0 bridgehead atoms. The van der Waals surface area contributed by atoms with E-state index in [0.717, 1.165) is 48.0 Å². The van der Waals surface area contributed by atoms with Crippen LogP contribution in [0.2, 0.25) is 0 Å². The van der Waals surface area contributed by atoms with Crippen LogP contribution in [0.15, 0.2) is 42.2 Å². The summed E-state index contributed by atoms with van der Waals surface area (Å²) in [6, 6.07) is 6.48. The van der Waals surface area contributed by atoms with Gasteiger partial charge in [-0.05, 0) is 36.2 Å². The van der Waals surface area contributed by atoms with E-state index in [1.165, 1.54) is 17.7 Å². The zero-order valence-corrected chi connectivity index (χ0v) is 13.3. The summed E-state index contributed by atoms with van der Waals surface area (Å²) in [7, 11) is 0. The first-order valence-corrected chi connectivity index (χ1v) is 8.36. The highest BCUT2D eigenvalue weighted by molar-refractivity contribution is 7.13. The molecule has 4 nitrogen and oxygen atoms in total. The topological polar surface area (TPSA) is 41.9 Å². The van der Waals surface area contributed by atoms with Gasteiger partial charge in [-0.2, -0.15) is 0 Å². The SMILES string of the molecule is Fc1ccc(-c2nc(CN3CCc4cncnc4C3)cs2)cc1. The fraction of sp³-hybridized carbons (Fsp3) is 0.235. The van der Waals surface area contributed by atoms with Gasteiger partial charge in [-0.15, -0.1) is 11.3 Å². The van der Waals surface area contributed by atoms with Crippen molar-refractivity contribution in [2.75, 3.05) is 6.54 Å². The van der Waals surface area contributed by atoms with Crippen LogP contribution in [0, 0.1) is 5.82 Å². The zero-order valence-electron chi connectivity index (χ0n) is 12.4. The number of hydrogen-bond acceptors (Lipinski definition) is 5. The summed E-state index contributed by atoms with van der Waals surface area (Å²) in [5, 5.41) is 3.01. The van der Waals surface area contributed by atoms with E-state index < -0.39 is 0 Å². The minimum absolute atomic E-state index is 0.223. The van der Waals surface area contributed by atoms with Crippen LogP contribution < -0.4 is 0 Å². The number of aromatic nitrogens is 3. The van der Waals surface area contributed by atoms with Crippen LogP contribution in [0.1, 0.15) is 17.0 Å². The molecule has 1 aliphatic rings. The molecule has 0 unspecified atom stereocenters. The molecular formula is C17H15FN4S. The number of hydrogen-bond donors (Lipinski definition) is 0. The molecular weight excluding hydrogens is 311 g/mol. The Labute approximate surface area is 137 Å².